The van der Waals surface area contributed by atoms with Gasteiger partial charge < -0.3 is 5.32 Å². The number of benzene rings is 1. The van der Waals surface area contributed by atoms with Gasteiger partial charge >= 0.3 is 0 Å². The number of hydrogen-bond donors (Lipinski definition) is 1. The summed E-state index contributed by atoms with van der Waals surface area (Å²) in [7, 11) is 0. The minimum atomic E-state index is 0.319. The third-order valence-corrected chi connectivity index (χ3v) is 5.42. The van der Waals surface area contributed by atoms with E-state index in [0.29, 0.717) is 6.04 Å². The number of hydrogen-bond acceptors (Lipinski definition) is 2. The van der Waals surface area contributed by atoms with Gasteiger partial charge in [0.25, 0.3) is 0 Å². The van der Waals surface area contributed by atoms with E-state index in [1.54, 1.807) is 11.3 Å². The summed E-state index contributed by atoms with van der Waals surface area (Å²) in [5.41, 5.74) is 2.48. The first-order valence-electron chi connectivity index (χ1n) is 6.84. The Labute approximate surface area is 138 Å². The first kappa shape index (κ1) is 16.0. The lowest BCUT2D eigenvalue weighted by Crippen LogP contribution is -2.24. The standard InChI is InChI=1S/C16H19BrClNS/c1-3-9-19-15(10-12-7-8-16(17)20-12)13-5-4-6-14(18)11(13)2/h4-8,15,19H,3,9-10H2,1-2H3. The van der Waals surface area contributed by atoms with E-state index >= 15 is 0 Å². The highest BCUT2D eigenvalue weighted by Gasteiger charge is 2.16. The molecule has 0 saturated carbocycles. The zero-order chi connectivity index (χ0) is 14.5. The third-order valence-electron chi connectivity index (χ3n) is 3.36. The van der Waals surface area contributed by atoms with Gasteiger partial charge in [-0.15, -0.1) is 11.3 Å². The van der Waals surface area contributed by atoms with Crippen LogP contribution in [0.4, 0.5) is 0 Å². The van der Waals surface area contributed by atoms with Crippen molar-refractivity contribution in [2.45, 2.75) is 32.7 Å². The molecule has 0 bridgehead atoms. The van der Waals surface area contributed by atoms with E-state index in [1.165, 1.54) is 19.8 Å². The van der Waals surface area contributed by atoms with Crippen molar-refractivity contribution in [3.05, 3.63) is 55.1 Å². The predicted octanol–water partition coefficient (Wildman–Crippen LogP) is 5.76. The van der Waals surface area contributed by atoms with Gasteiger partial charge in [-0.3, -0.25) is 0 Å². The summed E-state index contributed by atoms with van der Waals surface area (Å²) >= 11 is 11.6. The van der Waals surface area contributed by atoms with Crippen LogP contribution in [-0.4, -0.2) is 6.54 Å². The van der Waals surface area contributed by atoms with Crippen LogP contribution in [0.15, 0.2) is 34.1 Å². The van der Waals surface area contributed by atoms with Gasteiger partial charge in [0.15, 0.2) is 0 Å². The largest absolute Gasteiger partial charge is 0.310 e. The van der Waals surface area contributed by atoms with Gasteiger partial charge in [0, 0.05) is 22.4 Å². The highest BCUT2D eigenvalue weighted by molar-refractivity contribution is 9.11. The molecule has 1 aromatic heterocycles. The molecule has 4 heteroatoms. The Hall–Kier alpha value is -0.350. The second kappa shape index (κ2) is 7.60. The lowest BCUT2D eigenvalue weighted by atomic mass is 9.98. The second-order valence-corrected chi connectivity index (χ2v) is 7.83. The van der Waals surface area contributed by atoms with Crippen LogP contribution in [0, 0.1) is 6.92 Å². The fraction of sp³-hybridized carbons (Fsp3) is 0.375. The molecule has 108 valence electrons. The molecule has 0 radical (unpaired) electrons. The van der Waals surface area contributed by atoms with Gasteiger partial charge in [0.2, 0.25) is 0 Å². The lowest BCUT2D eigenvalue weighted by molar-refractivity contribution is 0.530. The van der Waals surface area contributed by atoms with Crippen LogP contribution in [-0.2, 0) is 6.42 Å². The normalized spacial score (nSPS) is 12.6. The molecule has 0 aliphatic heterocycles. The minimum absolute atomic E-state index is 0.319. The van der Waals surface area contributed by atoms with Crippen molar-refractivity contribution in [3.8, 4) is 0 Å². The van der Waals surface area contributed by atoms with Crippen molar-refractivity contribution in [2.75, 3.05) is 6.54 Å². The van der Waals surface area contributed by atoms with Crippen LogP contribution in [0.3, 0.4) is 0 Å². The predicted molar refractivity (Wildman–Crippen MR) is 92.9 cm³/mol. The first-order valence-corrected chi connectivity index (χ1v) is 8.83. The van der Waals surface area contributed by atoms with Gasteiger partial charge in [0.05, 0.1) is 3.79 Å². The molecule has 20 heavy (non-hydrogen) atoms. The molecular weight excluding hydrogens is 354 g/mol. The molecular formula is C16H19BrClNS. The Morgan fingerprint density at radius 3 is 2.75 bits per heavy atom. The summed E-state index contributed by atoms with van der Waals surface area (Å²) in [5, 5.41) is 4.49. The van der Waals surface area contributed by atoms with Crippen molar-refractivity contribution < 1.29 is 0 Å². The van der Waals surface area contributed by atoms with Crippen molar-refractivity contribution in [3.63, 3.8) is 0 Å². The fourth-order valence-corrected chi connectivity index (χ4v) is 3.99. The molecule has 1 heterocycles. The highest BCUT2D eigenvalue weighted by atomic mass is 79.9. The van der Waals surface area contributed by atoms with Crippen LogP contribution in [0.1, 0.15) is 35.4 Å². The van der Waals surface area contributed by atoms with E-state index in [9.17, 15) is 0 Å². The quantitative estimate of drug-likeness (QED) is 0.680. The average molecular weight is 373 g/mol. The Kier molecular flexibility index (Phi) is 6.09. The van der Waals surface area contributed by atoms with Gasteiger partial charge in [-0.2, -0.15) is 0 Å². The van der Waals surface area contributed by atoms with Gasteiger partial charge in [-0.1, -0.05) is 30.7 Å². The van der Waals surface area contributed by atoms with Crippen LogP contribution in [0.5, 0.6) is 0 Å². The van der Waals surface area contributed by atoms with Gasteiger partial charge in [-0.25, -0.2) is 0 Å². The van der Waals surface area contributed by atoms with Gasteiger partial charge in [-0.05, 0) is 65.1 Å². The van der Waals surface area contributed by atoms with Crippen LogP contribution in [0.2, 0.25) is 5.02 Å². The number of thiophene rings is 1. The SMILES string of the molecule is CCCNC(Cc1ccc(Br)s1)c1cccc(Cl)c1C. The maximum absolute atomic E-state index is 6.27. The molecule has 0 aliphatic carbocycles. The Bertz CT molecular complexity index is 567. The molecule has 1 N–H and O–H groups in total. The molecule has 0 fully saturated rings. The third kappa shape index (κ3) is 4.08. The van der Waals surface area contributed by atoms with Crippen LogP contribution in [0.25, 0.3) is 0 Å². The maximum atomic E-state index is 6.27. The highest BCUT2D eigenvalue weighted by Crippen LogP contribution is 2.30. The van der Waals surface area contributed by atoms with E-state index < -0.39 is 0 Å². The lowest BCUT2D eigenvalue weighted by Gasteiger charge is -2.21. The summed E-state index contributed by atoms with van der Waals surface area (Å²) in [6.45, 7) is 5.31. The molecule has 1 nitrogen and oxygen atoms in total. The monoisotopic (exact) mass is 371 g/mol. The maximum Gasteiger partial charge on any atom is 0.0701 e. The number of nitrogens with one attached hydrogen (secondary N) is 1. The summed E-state index contributed by atoms with van der Waals surface area (Å²) < 4.78 is 1.18. The Balaban J connectivity index is 2.24. The smallest absolute Gasteiger partial charge is 0.0701 e. The van der Waals surface area contributed by atoms with E-state index in [-0.39, 0.29) is 0 Å². The second-order valence-electron chi connectivity index (χ2n) is 4.87. The summed E-state index contributed by atoms with van der Waals surface area (Å²) in [6, 6.07) is 10.8. The van der Waals surface area contributed by atoms with E-state index in [0.717, 1.165) is 24.4 Å². The van der Waals surface area contributed by atoms with Crippen LogP contribution < -0.4 is 5.32 Å². The molecule has 0 saturated heterocycles. The molecule has 1 aromatic carbocycles. The van der Waals surface area contributed by atoms with Crippen molar-refractivity contribution in [2.24, 2.45) is 0 Å². The van der Waals surface area contributed by atoms with Crippen LogP contribution >= 0.6 is 38.9 Å². The molecule has 0 spiro atoms. The first-order chi connectivity index (χ1) is 9.61. The zero-order valence-electron chi connectivity index (χ0n) is 11.7. The summed E-state index contributed by atoms with van der Waals surface area (Å²) in [5.74, 6) is 0. The average Bonchev–Trinajstić information content (AvgIpc) is 2.83. The van der Waals surface area contributed by atoms with E-state index in [2.05, 4.69) is 53.3 Å². The van der Waals surface area contributed by atoms with Gasteiger partial charge in [0.1, 0.15) is 0 Å². The summed E-state index contributed by atoms with van der Waals surface area (Å²) in [6.07, 6.45) is 2.13. The fourth-order valence-electron chi connectivity index (χ4n) is 2.27. The summed E-state index contributed by atoms with van der Waals surface area (Å²) in [4.78, 5) is 1.38. The number of halogens is 2. The molecule has 2 rings (SSSR count). The molecule has 0 aliphatic rings. The van der Waals surface area contributed by atoms with Crippen molar-refractivity contribution in [1.82, 2.24) is 5.32 Å². The van der Waals surface area contributed by atoms with E-state index in [1.807, 2.05) is 12.1 Å². The Morgan fingerprint density at radius 1 is 1.30 bits per heavy atom. The number of rotatable bonds is 6. The Morgan fingerprint density at radius 2 is 2.10 bits per heavy atom. The molecule has 1 unspecified atom stereocenters. The molecule has 0 amide bonds. The minimum Gasteiger partial charge on any atom is -0.310 e. The molecule has 1 atom stereocenters. The molecule has 2 aromatic rings. The zero-order valence-corrected chi connectivity index (χ0v) is 14.9. The van der Waals surface area contributed by atoms with Crippen molar-refractivity contribution in [1.29, 1.82) is 0 Å². The van der Waals surface area contributed by atoms with Crippen molar-refractivity contribution >= 4 is 38.9 Å². The topological polar surface area (TPSA) is 12.0 Å². The van der Waals surface area contributed by atoms with E-state index in [4.69, 9.17) is 11.6 Å².